The van der Waals surface area contributed by atoms with Gasteiger partial charge in [-0.2, -0.15) is 0 Å². The molecular formula is C25H24BFN5O2. The Morgan fingerprint density at radius 3 is 2.62 bits per heavy atom. The predicted molar refractivity (Wildman–Crippen MR) is 129 cm³/mol. The first kappa shape index (κ1) is 23.3. The Bertz CT molecular complexity index is 1520. The molecule has 5 rings (SSSR count). The Morgan fingerprint density at radius 2 is 1.94 bits per heavy atom. The molecule has 2 aromatic carbocycles. The average molecular weight is 456 g/mol. The molecule has 0 spiro atoms. The number of imidazole rings is 2. The Morgan fingerprint density at radius 1 is 1.18 bits per heavy atom. The van der Waals surface area contributed by atoms with Gasteiger partial charge in [0.25, 0.3) is 5.56 Å². The molecule has 0 bridgehead atoms. The van der Waals surface area contributed by atoms with Crippen molar-refractivity contribution in [2.24, 2.45) is 12.0 Å². The van der Waals surface area contributed by atoms with Gasteiger partial charge >= 0.3 is 0 Å². The van der Waals surface area contributed by atoms with Crippen molar-refractivity contribution in [2.45, 2.75) is 19.4 Å². The molecule has 0 saturated carbocycles. The zero-order valence-electron chi connectivity index (χ0n) is 19.3. The van der Waals surface area contributed by atoms with E-state index in [0.717, 1.165) is 22.5 Å². The molecule has 1 aliphatic rings. The number of hydrogen-bond donors (Lipinski definition) is 0. The van der Waals surface area contributed by atoms with Crippen LogP contribution in [0.1, 0.15) is 29.3 Å². The molecule has 0 saturated heterocycles. The molecule has 0 amide bonds. The number of methoxy groups -OCH3 is 1. The predicted octanol–water partition coefficient (Wildman–Crippen LogP) is 1.89. The summed E-state index contributed by atoms with van der Waals surface area (Å²) in [7, 11) is 3.46. The molecule has 0 fully saturated rings. The number of aryl methyl sites for hydroxylation is 1. The van der Waals surface area contributed by atoms with Gasteiger partial charge in [-0.1, -0.05) is 18.2 Å². The van der Waals surface area contributed by atoms with E-state index < -0.39 is 0 Å². The molecular weight excluding hydrogens is 432 g/mol. The maximum atomic E-state index is 13.5. The second-order valence-corrected chi connectivity index (χ2v) is 8.16. The van der Waals surface area contributed by atoms with Crippen LogP contribution >= 0.6 is 0 Å². The number of hydrogen-bond acceptors (Lipinski definition) is 4. The fraction of sp³-hybridized carbons (Fsp3) is 0.240. The van der Waals surface area contributed by atoms with Crippen LogP contribution in [0.3, 0.4) is 0 Å². The highest BCUT2D eigenvalue weighted by Gasteiger charge is 2.23. The zero-order chi connectivity index (χ0) is 23.1. The van der Waals surface area contributed by atoms with Gasteiger partial charge in [-0.3, -0.25) is 14.4 Å². The summed E-state index contributed by atoms with van der Waals surface area (Å²) in [6, 6.07) is 11.9. The van der Waals surface area contributed by atoms with Crippen molar-refractivity contribution in [1.82, 2.24) is 18.7 Å². The first-order chi connectivity index (χ1) is 16.0. The molecule has 34 heavy (non-hydrogen) atoms. The van der Waals surface area contributed by atoms with Crippen LogP contribution in [0.15, 0.2) is 64.8 Å². The number of aromatic nitrogens is 4. The lowest BCUT2D eigenvalue weighted by atomic mass is 10.0. The first-order valence-corrected chi connectivity index (χ1v) is 10.7. The van der Waals surface area contributed by atoms with E-state index in [1.165, 1.54) is 12.1 Å². The Labute approximate surface area is 198 Å². The number of ether oxygens (including phenoxy) is 1. The molecule has 1 atom stereocenters. The van der Waals surface area contributed by atoms with E-state index in [1.807, 2.05) is 53.6 Å². The van der Waals surface area contributed by atoms with Crippen molar-refractivity contribution in [3.8, 4) is 11.4 Å². The second-order valence-electron chi connectivity index (χ2n) is 8.16. The summed E-state index contributed by atoms with van der Waals surface area (Å²) in [5.41, 5.74) is 4.00. The van der Waals surface area contributed by atoms with Crippen LogP contribution in [0, 0.1) is 12.7 Å². The second kappa shape index (κ2) is 9.17. The van der Waals surface area contributed by atoms with E-state index in [4.69, 9.17) is 4.74 Å². The molecule has 4 aromatic rings. The largest absolute Gasteiger partial charge is 0.495 e. The average Bonchev–Trinajstić information content (AvgIpc) is 3.36. The number of benzene rings is 2. The van der Waals surface area contributed by atoms with Gasteiger partial charge in [0.2, 0.25) is 5.62 Å². The quantitative estimate of drug-likeness (QED) is 0.441. The number of nitrogens with zero attached hydrogens (tertiary/aromatic N) is 5. The highest BCUT2D eigenvalue weighted by molar-refractivity contribution is 5.75. The van der Waals surface area contributed by atoms with Gasteiger partial charge in [0.1, 0.15) is 16.9 Å². The van der Waals surface area contributed by atoms with Crippen molar-refractivity contribution in [3.05, 3.63) is 98.9 Å². The van der Waals surface area contributed by atoms with Crippen LogP contribution in [-0.4, -0.2) is 40.8 Å². The van der Waals surface area contributed by atoms with Crippen molar-refractivity contribution in [3.63, 3.8) is 0 Å². The van der Waals surface area contributed by atoms with Gasteiger partial charge in [0.05, 0.1) is 30.9 Å². The third-order valence-corrected chi connectivity index (χ3v) is 6.03. The van der Waals surface area contributed by atoms with E-state index in [0.29, 0.717) is 29.7 Å². The van der Waals surface area contributed by atoms with E-state index in [-0.39, 0.29) is 25.8 Å². The van der Waals surface area contributed by atoms with E-state index >= 15 is 0 Å². The monoisotopic (exact) mass is 456 g/mol. The summed E-state index contributed by atoms with van der Waals surface area (Å²) in [6.45, 7) is 2.53. The lowest BCUT2D eigenvalue weighted by molar-refractivity contribution is 0.413. The minimum atomic E-state index is -0.294. The lowest BCUT2D eigenvalue weighted by Gasteiger charge is -2.21. The van der Waals surface area contributed by atoms with Crippen LogP contribution in [0.2, 0.25) is 0 Å². The molecule has 3 heterocycles. The van der Waals surface area contributed by atoms with Gasteiger partial charge < -0.3 is 13.9 Å². The maximum Gasteiger partial charge on any atom is 0.277 e. The SMILES string of the molecule is COc1cc(/C=c2/c(=O)n3c(n2C)=NCCC3c2ccc(F)cc2)ccc1-n1cnc(C)c1.[B]. The number of fused-ring (bicyclic) bond motifs is 1. The van der Waals surface area contributed by atoms with E-state index in [2.05, 4.69) is 9.98 Å². The third kappa shape index (κ3) is 3.98. The topological polar surface area (TPSA) is 66.3 Å². The minimum Gasteiger partial charge on any atom is -0.495 e. The van der Waals surface area contributed by atoms with Gasteiger partial charge in [-0.05, 0) is 54.8 Å². The smallest absolute Gasteiger partial charge is 0.277 e. The summed E-state index contributed by atoms with van der Waals surface area (Å²) >= 11 is 0. The van der Waals surface area contributed by atoms with Crippen LogP contribution in [-0.2, 0) is 7.05 Å². The summed E-state index contributed by atoms with van der Waals surface area (Å²) < 4.78 is 24.5. The van der Waals surface area contributed by atoms with Gasteiger partial charge in [0, 0.05) is 28.2 Å². The summed E-state index contributed by atoms with van der Waals surface area (Å²) in [4.78, 5) is 22.3. The van der Waals surface area contributed by atoms with Crippen LogP contribution in [0.4, 0.5) is 4.39 Å². The number of halogens is 1. The van der Waals surface area contributed by atoms with Crippen LogP contribution in [0.25, 0.3) is 11.8 Å². The molecule has 1 unspecified atom stereocenters. The first-order valence-electron chi connectivity index (χ1n) is 10.7. The Kier molecular flexibility index (Phi) is 6.28. The van der Waals surface area contributed by atoms with Gasteiger partial charge in [0.15, 0.2) is 0 Å². The van der Waals surface area contributed by atoms with Crippen molar-refractivity contribution < 1.29 is 9.13 Å². The molecule has 3 radical (unpaired) electrons. The summed E-state index contributed by atoms with van der Waals surface area (Å²) in [5.74, 6) is 0.381. The summed E-state index contributed by atoms with van der Waals surface area (Å²) in [5, 5.41) is 0.524. The summed E-state index contributed by atoms with van der Waals surface area (Å²) in [6.07, 6.45) is 6.20. The molecule has 0 aliphatic carbocycles. The van der Waals surface area contributed by atoms with Crippen molar-refractivity contribution >= 4 is 14.5 Å². The minimum absolute atomic E-state index is 0. The molecule has 1 aliphatic heterocycles. The number of rotatable bonds is 4. The van der Waals surface area contributed by atoms with Crippen molar-refractivity contribution in [1.29, 1.82) is 0 Å². The highest BCUT2D eigenvalue weighted by Crippen LogP contribution is 2.25. The Balaban J connectivity index is 0.00000274. The zero-order valence-corrected chi connectivity index (χ0v) is 19.3. The maximum absolute atomic E-state index is 13.5. The van der Waals surface area contributed by atoms with Crippen LogP contribution < -0.4 is 21.3 Å². The fourth-order valence-electron chi connectivity index (χ4n) is 4.37. The Hall–Kier alpha value is -3.88. The normalized spacial score (nSPS) is 15.4. The molecule has 9 heteroatoms. The lowest BCUT2D eigenvalue weighted by Crippen LogP contribution is -2.38. The third-order valence-electron chi connectivity index (χ3n) is 6.03. The highest BCUT2D eigenvalue weighted by atomic mass is 19.1. The molecule has 2 aromatic heterocycles. The fourth-order valence-corrected chi connectivity index (χ4v) is 4.37. The van der Waals surface area contributed by atoms with Gasteiger partial charge in [-0.25, -0.2) is 9.37 Å². The molecule has 7 nitrogen and oxygen atoms in total. The van der Waals surface area contributed by atoms with E-state index in [9.17, 15) is 9.18 Å². The van der Waals surface area contributed by atoms with Crippen LogP contribution in [0.5, 0.6) is 5.75 Å². The van der Waals surface area contributed by atoms with Gasteiger partial charge in [-0.15, -0.1) is 0 Å². The van der Waals surface area contributed by atoms with Crippen molar-refractivity contribution in [2.75, 3.05) is 13.7 Å². The molecule has 171 valence electrons. The standard InChI is InChI=1S/C25H24FN5O2.B/c1-16-14-30(15-28-16)21-9-4-17(13-23(21)33-3)12-22-24(32)31-20(10-11-27-25(31)29(22)2)18-5-7-19(26)8-6-18;/h4-9,12-15,20H,10-11H2,1-3H3;/b22-12-;. The molecule has 0 N–H and O–H groups in total. The van der Waals surface area contributed by atoms with E-state index in [1.54, 1.807) is 30.1 Å².